The number of nitrogens with zero attached hydrogens (tertiary/aromatic N) is 2. The molecule has 0 atom stereocenters. The molecule has 0 saturated heterocycles. The van der Waals surface area contributed by atoms with E-state index in [1.807, 2.05) is 31.1 Å². The highest BCUT2D eigenvalue weighted by Crippen LogP contribution is 2.06. The Morgan fingerprint density at radius 2 is 2.35 bits per heavy atom. The van der Waals surface area contributed by atoms with Gasteiger partial charge in [-0.1, -0.05) is 0 Å². The number of aromatic nitrogens is 2. The predicted octanol–water partition coefficient (Wildman–Crippen LogP) is 2.47. The van der Waals surface area contributed by atoms with Gasteiger partial charge in [-0.25, -0.2) is 4.98 Å². The van der Waals surface area contributed by atoms with Crippen molar-refractivity contribution < 1.29 is 4.74 Å². The Labute approximate surface area is 108 Å². The highest BCUT2D eigenvalue weighted by molar-refractivity contribution is 7.98. The quantitative estimate of drug-likeness (QED) is 0.654. The third-order valence-electron chi connectivity index (χ3n) is 2.42. The summed E-state index contributed by atoms with van der Waals surface area (Å²) in [6.45, 7) is 5.59. The van der Waals surface area contributed by atoms with Crippen molar-refractivity contribution in [2.45, 2.75) is 26.3 Å². The number of hydrogen-bond acceptors (Lipinski definition) is 4. The number of aryl methyl sites for hydroxylation is 1. The second kappa shape index (κ2) is 9.36. The number of ether oxygens (including phenoxy) is 1. The standard InChI is InChI=1S/C12H23N3OS/c1-3-16-10-5-8-15-9-7-14-12(15)13-6-4-11-17-2/h7,9H,3-6,8,10-11H2,1-2H3,(H,13,14). The zero-order valence-electron chi connectivity index (χ0n) is 10.8. The molecule has 0 fully saturated rings. The fourth-order valence-corrected chi connectivity index (χ4v) is 1.99. The number of anilines is 1. The number of imidazole rings is 1. The second-order valence-electron chi connectivity index (χ2n) is 3.77. The molecule has 0 aromatic carbocycles. The molecule has 0 aliphatic rings. The van der Waals surface area contributed by atoms with Gasteiger partial charge in [-0.3, -0.25) is 0 Å². The molecule has 4 nitrogen and oxygen atoms in total. The predicted molar refractivity (Wildman–Crippen MR) is 74.8 cm³/mol. The van der Waals surface area contributed by atoms with Gasteiger partial charge in [0.25, 0.3) is 0 Å². The Morgan fingerprint density at radius 1 is 1.47 bits per heavy atom. The Kier molecular flexibility index (Phi) is 7.92. The van der Waals surface area contributed by atoms with Gasteiger partial charge >= 0.3 is 0 Å². The van der Waals surface area contributed by atoms with Gasteiger partial charge in [-0.2, -0.15) is 11.8 Å². The zero-order valence-corrected chi connectivity index (χ0v) is 11.6. The van der Waals surface area contributed by atoms with Crippen molar-refractivity contribution in [2.24, 2.45) is 0 Å². The van der Waals surface area contributed by atoms with Gasteiger partial charge in [0, 0.05) is 38.7 Å². The van der Waals surface area contributed by atoms with E-state index in [2.05, 4.69) is 21.1 Å². The van der Waals surface area contributed by atoms with Crippen LogP contribution in [0.1, 0.15) is 19.8 Å². The molecular formula is C12H23N3OS. The Bertz CT molecular complexity index is 265. The van der Waals surface area contributed by atoms with Crippen LogP contribution in [0.15, 0.2) is 12.4 Å². The van der Waals surface area contributed by atoms with Crippen LogP contribution in [0.5, 0.6) is 0 Å². The van der Waals surface area contributed by atoms with Gasteiger partial charge < -0.3 is 14.6 Å². The highest BCUT2D eigenvalue weighted by atomic mass is 32.2. The Balaban J connectivity index is 2.22. The summed E-state index contributed by atoms with van der Waals surface area (Å²) in [7, 11) is 0. The van der Waals surface area contributed by atoms with Crippen molar-refractivity contribution in [3.63, 3.8) is 0 Å². The molecule has 0 bridgehead atoms. The van der Waals surface area contributed by atoms with E-state index in [0.717, 1.165) is 38.7 Å². The number of hydrogen-bond donors (Lipinski definition) is 1. The average molecular weight is 257 g/mol. The molecule has 1 N–H and O–H groups in total. The molecule has 1 rings (SSSR count). The molecule has 0 aliphatic heterocycles. The summed E-state index contributed by atoms with van der Waals surface area (Å²) in [4.78, 5) is 4.32. The van der Waals surface area contributed by atoms with Gasteiger partial charge in [-0.05, 0) is 31.8 Å². The second-order valence-corrected chi connectivity index (χ2v) is 4.75. The molecule has 0 saturated carbocycles. The van der Waals surface area contributed by atoms with Crippen molar-refractivity contribution in [3.05, 3.63) is 12.4 Å². The van der Waals surface area contributed by atoms with Crippen LogP contribution in [0, 0.1) is 0 Å². The number of nitrogens with one attached hydrogen (secondary N) is 1. The molecule has 0 radical (unpaired) electrons. The maximum absolute atomic E-state index is 5.33. The van der Waals surface area contributed by atoms with E-state index in [9.17, 15) is 0 Å². The van der Waals surface area contributed by atoms with Crippen molar-refractivity contribution >= 4 is 17.7 Å². The Hall–Kier alpha value is -0.680. The van der Waals surface area contributed by atoms with Crippen molar-refractivity contribution in [3.8, 4) is 0 Å². The van der Waals surface area contributed by atoms with Crippen LogP contribution in [0.2, 0.25) is 0 Å². The van der Waals surface area contributed by atoms with Crippen LogP contribution in [0.25, 0.3) is 0 Å². The first kappa shape index (κ1) is 14.4. The zero-order chi connectivity index (χ0) is 12.3. The third-order valence-corrected chi connectivity index (χ3v) is 3.11. The lowest BCUT2D eigenvalue weighted by molar-refractivity contribution is 0.142. The lowest BCUT2D eigenvalue weighted by Crippen LogP contribution is -2.10. The minimum absolute atomic E-state index is 0.795. The first-order valence-electron chi connectivity index (χ1n) is 6.20. The maximum atomic E-state index is 5.33. The van der Waals surface area contributed by atoms with Crippen LogP contribution < -0.4 is 5.32 Å². The fourth-order valence-electron chi connectivity index (χ4n) is 1.55. The van der Waals surface area contributed by atoms with Gasteiger partial charge in [0.1, 0.15) is 0 Å². The smallest absolute Gasteiger partial charge is 0.202 e. The van der Waals surface area contributed by atoms with Crippen molar-refractivity contribution in [1.82, 2.24) is 9.55 Å². The minimum Gasteiger partial charge on any atom is -0.382 e. The molecule has 98 valence electrons. The Morgan fingerprint density at radius 3 is 3.12 bits per heavy atom. The number of rotatable bonds is 10. The lowest BCUT2D eigenvalue weighted by Gasteiger charge is -2.09. The van der Waals surface area contributed by atoms with E-state index in [1.54, 1.807) is 0 Å². The van der Waals surface area contributed by atoms with Gasteiger partial charge in [0.05, 0.1) is 0 Å². The molecule has 1 aromatic heterocycles. The largest absolute Gasteiger partial charge is 0.382 e. The summed E-state index contributed by atoms with van der Waals surface area (Å²) in [5.74, 6) is 2.17. The molecule has 0 aliphatic carbocycles. The summed E-state index contributed by atoms with van der Waals surface area (Å²) < 4.78 is 7.48. The summed E-state index contributed by atoms with van der Waals surface area (Å²) in [6, 6.07) is 0. The van der Waals surface area contributed by atoms with Crippen LogP contribution in [-0.4, -0.2) is 41.3 Å². The lowest BCUT2D eigenvalue weighted by atomic mass is 10.4. The molecular weight excluding hydrogens is 234 g/mol. The van der Waals surface area contributed by atoms with Gasteiger partial charge in [0.2, 0.25) is 5.95 Å². The molecule has 0 spiro atoms. The van der Waals surface area contributed by atoms with Crippen LogP contribution in [-0.2, 0) is 11.3 Å². The summed E-state index contributed by atoms with van der Waals surface area (Å²) in [5.41, 5.74) is 0. The van der Waals surface area contributed by atoms with Crippen LogP contribution in [0.3, 0.4) is 0 Å². The molecule has 1 aromatic rings. The summed E-state index contributed by atoms with van der Waals surface area (Å²) in [5, 5.41) is 3.37. The minimum atomic E-state index is 0.795. The molecule has 0 amide bonds. The first-order chi connectivity index (χ1) is 8.38. The highest BCUT2D eigenvalue weighted by Gasteiger charge is 2.01. The molecule has 17 heavy (non-hydrogen) atoms. The molecule has 5 heteroatoms. The van der Waals surface area contributed by atoms with Crippen LogP contribution in [0.4, 0.5) is 5.95 Å². The van der Waals surface area contributed by atoms with Crippen molar-refractivity contribution in [1.29, 1.82) is 0 Å². The van der Waals surface area contributed by atoms with E-state index >= 15 is 0 Å². The molecule has 0 unspecified atom stereocenters. The van der Waals surface area contributed by atoms with E-state index < -0.39 is 0 Å². The fraction of sp³-hybridized carbons (Fsp3) is 0.750. The van der Waals surface area contributed by atoms with E-state index in [-0.39, 0.29) is 0 Å². The monoisotopic (exact) mass is 257 g/mol. The average Bonchev–Trinajstić information content (AvgIpc) is 2.78. The van der Waals surface area contributed by atoms with Crippen LogP contribution >= 0.6 is 11.8 Å². The summed E-state index contributed by atoms with van der Waals surface area (Å²) >= 11 is 1.88. The van der Waals surface area contributed by atoms with E-state index in [4.69, 9.17) is 4.74 Å². The maximum Gasteiger partial charge on any atom is 0.202 e. The normalized spacial score (nSPS) is 10.7. The molecule has 1 heterocycles. The SMILES string of the molecule is CCOCCCn1ccnc1NCCCSC. The third kappa shape index (κ3) is 5.98. The number of thioether (sulfide) groups is 1. The van der Waals surface area contributed by atoms with Gasteiger partial charge in [-0.15, -0.1) is 0 Å². The topological polar surface area (TPSA) is 39.1 Å². The van der Waals surface area contributed by atoms with Crippen molar-refractivity contribution in [2.75, 3.05) is 37.1 Å². The first-order valence-corrected chi connectivity index (χ1v) is 7.59. The van der Waals surface area contributed by atoms with Gasteiger partial charge in [0.15, 0.2) is 0 Å². The van der Waals surface area contributed by atoms with E-state index in [0.29, 0.717) is 0 Å². The van der Waals surface area contributed by atoms with E-state index in [1.165, 1.54) is 12.2 Å². The summed E-state index contributed by atoms with van der Waals surface area (Å²) in [6.07, 6.45) is 8.20.